The second-order valence-corrected chi connectivity index (χ2v) is 8.94. The quantitative estimate of drug-likeness (QED) is 0.590. The summed E-state index contributed by atoms with van der Waals surface area (Å²) in [6.45, 7) is 12.9. The van der Waals surface area contributed by atoms with Gasteiger partial charge in [0, 0.05) is 17.8 Å². The number of rotatable bonds is 6. The van der Waals surface area contributed by atoms with Gasteiger partial charge in [0.05, 0.1) is 11.3 Å². The average Bonchev–Trinajstić information content (AvgIpc) is 2.52. The Kier molecular flexibility index (Phi) is 10.3. The van der Waals surface area contributed by atoms with Crippen LogP contribution in [0.3, 0.4) is 0 Å². The van der Waals surface area contributed by atoms with Crippen LogP contribution in [0.4, 0.5) is 0 Å². The molecule has 0 atom stereocenters. The Labute approximate surface area is 187 Å². The smallest absolute Gasteiger partial charge is 0.338 e. The summed E-state index contributed by atoms with van der Waals surface area (Å²) in [7, 11) is 0. The predicted molar refractivity (Wildman–Crippen MR) is 125 cm³/mol. The zero-order valence-corrected chi connectivity index (χ0v) is 19.8. The fraction of sp³-hybridized carbons (Fsp3) is 0.478. The summed E-state index contributed by atoms with van der Waals surface area (Å²) in [6, 6.07) is 7.98. The normalized spacial score (nSPS) is 11.0. The largest absolute Gasteiger partial charge is 0.478 e. The first-order valence-electron chi connectivity index (χ1n) is 9.58. The first kappa shape index (κ1) is 27.4. The number of aromatic nitrogens is 1. The Morgan fingerprint density at radius 2 is 1.66 bits per heavy atom. The Bertz CT molecular complexity index is 826. The predicted octanol–water partition coefficient (Wildman–Crippen LogP) is 5.84. The van der Waals surface area contributed by atoms with Crippen LogP contribution in [0.15, 0.2) is 24.3 Å². The molecule has 0 aliphatic carbocycles. The second kappa shape index (κ2) is 11.0. The van der Waals surface area contributed by atoms with Crippen LogP contribution in [0, 0.1) is 18.3 Å². The highest BCUT2D eigenvalue weighted by Gasteiger charge is 2.26. The number of hydrogen-bond donors (Lipinski definition) is 2. The van der Waals surface area contributed by atoms with E-state index >= 15 is 0 Å². The second-order valence-electron chi connectivity index (χ2n) is 8.94. The van der Waals surface area contributed by atoms with Crippen molar-refractivity contribution in [1.29, 1.82) is 0 Å². The van der Waals surface area contributed by atoms with Gasteiger partial charge >= 0.3 is 5.97 Å². The molecule has 0 bridgehead atoms. The standard InChI is InChI=1S/C23H32N2O2.2ClH/c1-14(2)11-18-21(22(26)27)20(16-9-7-15(3)8-10-16)17(13-24)19(25-18)12-23(4,5)6;;/h7-10,14H,11-13,24H2,1-6H3,(H,26,27);2*1H. The summed E-state index contributed by atoms with van der Waals surface area (Å²) in [6.07, 6.45) is 1.38. The molecule has 1 aromatic carbocycles. The Hall–Kier alpha value is -1.62. The minimum atomic E-state index is -0.939. The van der Waals surface area contributed by atoms with Gasteiger partial charge < -0.3 is 10.8 Å². The summed E-state index contributed by atoms with van der Waals surface area (Å²) in [5.74, 6) is -0.626. The molecule has 0 unspecified atom stereocenters. The number of aromatic carboxylic acids is 1. The van der Waals surface area contributed by atoms with Gasteiger partial charge in [0.15, 0.2) is 0 Å². The fourth-order valence-electron chi connectivity index (χ4n) is 3.40. The number of carboxylic acids is 1. The van der Waals surface area contributed by atoms with E-state index in [1.54, 1.807) is 0 Å². The SMILES string of the molecule is Cc1ccc(-c2c(CN)c(CC(C)(C)C)nc(CC(C)C)c2C(=O)O)cc1.Cl.Cl. The van der Waals surface area contributed by atoms with Crippen LogP contribution in [0.2, 0.25) is 0 Å². The van der Waals surface area contributed by atoms with E-state index in [-0.39, 0.29) is 36.8 Å². The number of hydrogen-bond acceptors (Lipinski definition) is 3. The topological polar surface area (TPSA) is 76.2 Å². The van der Waals surface area contributed by atoms with Crippen LogP contribution in [-0.4, -0.2) is 16.1 Å². The minimum absolute atomic E-state index is 0. The number of nitrogens with zero attached hydrogens (tertiary/aromatic N) is 1. The van der Waals surface area contributed by atoms with E-state index in [0.29, 0.717) is 23.6 Å². The lowest BCUT2D eigenvalue weighted by molar-refractivity contribution is 0.0695. The van der Waals surface area contributed by atoms with Crippen molar-refractivity contribution in [3.63, 3.8) is 0 Å². The van der Waals surface area contributed by atoms with E-state index in [4.69, 9.17) is 10.7 Å². The van der Waals surface area contributed by atoms with Crippen molar-refractivity contribution in [3.05, 3.63) is 52.3 Å². The van der Waals surface area contributed by atoms with Crippen molar-refractivity contribution in [2.45, 2.75) is 60.9 Å². The highest BCUT2D eigenvalue weighted by molar-refractivity contribution is 5.98. The molecule has 162 valence electrons. The molecule has 4 nitrogen and oxygen atoms in total. The molecule has 3 N–H and O–H groups in total. The van der Waals surface area contributed by atoms with Crippen LogP contribution >= 0.6 is 24.8 Å². The van der Waals surface area contributed by atoms with Crippen molar-refractivity contribution in [1.82, 2.24) is 4.98 Å². The molecule has 0 saturated carbocycles. The molecular formula is C23H34Cl2N2O2. The first-order valence-corrected chi connectivity index (χ1v) is 9.58. The molecule has 0 amide bonds. The third-order valence-corrected chi connectivity index (χ3v) is 4.52. The molecule has 1 heterocycles. The highest BCUT2D eigenvalue weighted by atomic mass is 35.5. The summed E-state index contributed by atoms with van der Waals surface area (Å²) >= 11 is 0. The van der Waals surface area contributed by atoms with E-state index in [0.717, 1.165) is 34.4 Å². The monoisotopic (exact) mass is 440 g/mol. The van der Waals surface area contributed by atoms with E-state index < -0.39 is 5.97 Å². The molecule has 1 aromatic heterocycles. The van der Waals surface area contributed by atoms with Gasteiger partial charge in [0.1, 0.15) is 0 Å². The molecule has 0 fully saturated rings. The van der Waals surface area contributed by atoms with Gasteiger partial charge in [-0.15, -0.1) is 24.8 Å². The number of halogens is 2. The van der Waals surface area contributed by atoms with Gasteiger partial charge in [0.2, 0.25) is 0 Å². The van der Waals surface area contributed by atoms with Crippen molar-refractivity contribution >= 4 is 30.8 Å². The number of nitrogens with two attached hydrogens (primary N) is 1. The van der Waals surface area contributed by atoms with E-state index in [1.165, 1.54) is 0 Å². The van der Waals surface area contributed by atoms with Crippen LogP contribution < -0.4 is 5.73 Å². The van der Waals surface area contributed by atoms with Gasteiger partial charge in [0.25, 0.3) is 0 Å². The number of pyridine rings is 1. The molecule has 0 aliphatic heterocycles. The molecule has 0 saturated heterocycles. The number of carbonyl (C=O) groups is 1. The maximum Gasteiger partial charge on any atom is 0.338 e. The van der Waals surface area contributed by atoms with Gasteiger partial charge in [-0.1, -0.05) is 64.4 Å². The summed E-state index contributed by atoms with van der Waals surface area (Å²) in [4.78, 5) is 17.1. The molecule has 0 aliphatic rings. The Balaban J connectivity index is 0.00000392. The van der Waals surface area contributed by atoms with Crippen molar-refractivity contribution in [3.8, 4) is 11.1 Å². The lowest BCUT2D eigenvalue weighted by atomic mass is 9.84. The maximum absolute atomic E-state index is 12.2. The van der Waals surface area contributed by atoms with Crippen LogP contribution in [0.25, 0.3) is 11.1 Å². The summed E-state index contributed by atoms with van der Waals surface area (Å²) in [5, 5.41) is 10.0. The number of aryl methyl sites for hydroxylation is 1. The third-order valence-electron chi connectivity index (χ3n) is 4.52. The fourth-order valence-corrected chi connectivity index (χ4v) is 3.40. The average molecular weight is 441 g/mol. The molecule has 2 rings (SSSR count). The van der Waals surface area contributed by atoms with Crippen molar-refractivity contribution in [2.24, 2.45) is 17.1 Å². The summed E-state index contributed by atoms with van der Waals surface area (Å²) in [5.41, 5.74) is 11.6. The van der Waals surface area contributed by atoms with Gasteiger partial charge in [-0.3, -0.25) is 4.98 Å². The third kappa shape index (κ3) is 6.98. The van der Waals surface area contributed by atoms with Crippen molar-refractivity contribution < 1.29 is 9.90 Å². The van der Waals surface area contributed by atoms with Gasteiger partial charge in [-0.05, 0) is 42.2 Å². The van der Waals surface area contributed by atoms with Crippen molar-refractivity contribution in [2.75, 3.05) is 0 Å². The number of carboxylic acid groups (broad SMARTS) is 1. The minimum Gasteiger partial charge on any atom is -0.478 e. The lowest BCUT2D eigenvalue weighted by Crippen LogP contribution is -2.20. The van der Waals surface area contributed by atoms with Gasteiger partial charge in [-0.2, -0.15) is 0 Å². The zero-order chi connectivity index (χ0) is 20.4. The van der Waals surface area contributed by atoms with Crippen LogP contribution in [0.5, 0.6) is 0 Å². The van der Waals surface area contributed by atoms with E-state index in [2.05, 4.69) is 34.6 Å². The van der Waals surface area contributed by atoms with E-state index in [9.17, 15) is 9.90 Å². The van der Waals surface area contributed by atoms with Crippen LogP contribution in [0.1, 0.15) is 67.5 Å². The van der Waals surface area contributed by atoms with Crippen LogP contribution in [-0.2, 0) is 19.4 Å². The summed E-state index contributed by atoms with van der Waals surface area (Å²) < 4.78 is 0. The highest BCUT2D eigenvalue weighted by Crippen LogP contribution is 2.35. The number of benzene rings is 1. The molecule has 0 spiro atoms. The Morgan fingerprint density at radius 3 is 2.07 bits per heavy atom. The zero-order valence-electron chi connectivity index (χ0n) is 18.2. The Morgan fingerprint density at radius 1 is 1.10 bits per heavy atom. The molecular weight excluding hydrogens is 407 g/mol. The molecule has 29 heavy (non-hydrogen) atoms. The first-order chi connectivity index (χ1) is 12.5. The molecule has 2 aromatic rings. The lowest BCUT2D eigenvalue weighted by Gasteiger charge is -2.24. The van der Waals surface area contributed by atoms with E-state index in [1.807, 2.05) is 31.2 Å². The maximum atomic E-state index is 12.2. The molecule has 0 radical (unpaired) electrons. The molecule has 6 heteroatoms. The van der Waals surface area contributed by atoms with Gasteiger partial charge in [-0.25, -0.2) is 4.79 Å².